The molecular weight excluding hydrogens is 160 g/mol. The number of hydrogen-bond acceptors (Lipinski definition) is 2. The van der Waals surface area contributed by atoms with Crippen LogP contribution in [0.4, 0.5) is 0 Å². The quantitative estimate of drug-likeness (QED) is 0.626. The predicted octanol–water partition coefficient (Wildman–Crippen LogP) is 2.06. The second-order valence-corrected chi connectivity index (χ2v) is 4.39. The van der Waals surface area contributed by atoms with Crippen molar-refractivity contribution in [2.75, 3.05) is 27.2 Å². The molecule has 0 N–H and O–H groups in total. The van der Waals surface area contributed by atoms with Gasteiger partial charge in [0.25, 0.3) is 0 Å². The number of hydrogen-bond donors (Lipinski definition) is 0. The lowest BCUT2D eigenvalue weighted by Gasteiger charge is -2.33. The highest BCUT2D eigenvalue weighted by Gasteiger charge is 2.14. The summed E-state index contributed by atoms with van der Waals surface area (Å²) in [4.78, 5) is 4.82. The summed E-state index contributed by atoms with van der Waals surface area (Å²) in [7, 11) is 4.27. The molecular formula is C11H26N2. The number of likely N-dealkylation sites (N-methyl/N-ethyl adjacent to an activating group) is 1. The first-order valence-corrected chi connectivity index (χ1v) is 5.39. The van der Waals surface area contributed by atoms with Gasteiger partial charge in [-0.1, -0.05) is 6.92 Å². The largest absolute Gasteiger partial charge is 0.308 e. The van der Waals surface area contributed by atoms with E-state index in [2.05, 4.69) is 51.6 Å². The lowest BCUT2D eigenvalue weighted by atomic mass is 10.2. The molecule has 0 aliphatic heterocycles. The van der Waals surface area contributed by atoms with Gasteiger partial charge in [0.15, 0.2) is 0 Å². The van der Waals surface area contributed by atoms with Crippen molar-refractivity contribution < 1.29 is 0 Å². The summed E-state index contributed by atoms with van der Waals surface area (Å²) in [5.41, 5.74) is 0. The zero-order valence-electron chi connectivity index (χ0n) is 10.2. The smallest absolute Gasteiger partial charge is 0.0115 e. The van der Waals surface area contributed by atoms with E-state index in [0.717, 1.165) is 6.54 Å². The van der Waals surface area contributed by atoms with Crippen LogP contribution in [0.5, 0.6) is 0 Å². The van der Waals surface area contributed by atoms with Crippen molar-refractivity contribution in [3.63, 3.8) is 0 Å². The summed E-state index contributed by atoms with van der Waals surface area (Å²) in [6.07, 6.45) is 1.24. The van der Waals surface area contributed by atoms with Gasteiger partial charge in [-0.15, -0.1) is 0 Å². The molecule has 2 heteroatoms. The van der Waals surface area contributed by atoms with Crippen LogP contribution in [0.15, 0.2) is 0 Å². The fourth-order valence-electron chi connectivity index (χ4n) is 1.54. The van der Waals surface area contributed by atoms with Crippen molar-refractivity contribution >= 4 is 0 Å². The zero-order valence-corrected chi connectivity index (χ0v) is 10.2. The highest BCUT2D eigenvalue weighted by atomic mass is 15.2. The molecule has 1 atom stereocenters. The van der Waals surface area contributed by atoms with Gasteiger partial charge < -0.3 is 4.90 Å². The third-order valence-electron chi connectivity index (χ3n) is 2.63. The molecule has 0 saturated heterocycles. The van der Waals surface area contributed by atoms with Gasteiger partial charge in [-0.25, -0.2) is 0 Å². The Morgan fingerprint density at radius 1 is 1.00 bits per heavy atom. The fourth-order valence-corrected chi connectivity index (χ4v) is 1.54. The Morgan fingerprint density at radius 2 is 1.54 bits per heavy atom. The molecule has 0 aliphatic rings. The van der Waals surface area contributed by atoms with E-state index in [1.807, 2.05) is 0 Å². The summed E-state index contributed by atoms with van der Waals surface area (Å²) < 4.78 is 0. The lowest BCUT2D eigenvalue weighted by molar-refractivity contribution is 0.146. The average Bonchev–Trinajstić information content (AvgIpc) is 2.03. The van der Waals surface area contributed by atoms with Crippen LogP contribution in [-0.4, -0.2) is 49.1 Å². The molecule has 0 aromatic carbocycles. The van der Waals surface area contributed by atoms with Crippen LogP contribution in [0.1, 0.15) is 34.1 Å². The third kappa shape index (κ3) is 5.27. The van der Waals surface area contributed by atoms with Crippen LogP contribution in [0, 0.1) is 0 Å². The Labute approximate surface area is 83.9 Å². The Hall–Kier alpha value is -0.0800. The summed E-state index contributed by atoms with van der Waals surface area (Å²) in [5.74, 6) is 0. The molecule has 0 aromatic rings. The van der Waals surface area contributed by atoms with Gasteiger partial charge >= 0.3 is 0 Å². The molecule has 0 fully saturated rings. The van der Waals surface area contributed by atoms with Crippen LogP contribution in [0.2, 0.25) is 0 Å². The highest BCUT2D eigenvalue weighted by Crippen LogP contribution is 2.07. The van der Waals surface area contributed by atoms with Crippen molar-refractivity contribution in [1.29, 1.82) is 0 Å². The maximum atomic E-state index is 2.57. The highest BCUT2D eigenvalue weighted by molar-refractivity contribution is 4.70. The minimum absolute atomic E-state index is 0.662. The second-order valence-electron chi connectivity index (χ2n) is 4.39. The Balaban J connectivity index is 3.95. The normalized spacial score (nSPS) is 14.5. The monoisotopic (exact) mass is 186 g/mol. The van der Waals surface area contributed by atoms with Crippen molar-refractivity contribution in [2.24, 2.45) is 0 Å². The van der Waals surface area contributed by atoms with E-state index < -0.39 is 0 Å². The van der Waals surface area contributed by atoms with E-state index in [-0.39, 0.29) is 0 Å². The molecule has 0 aliphatic carbocycles. The van der Waals surface area contributed by atoms with E-state index in [1.54, 1.807) is 0 Å². The topological polar surface area (TPSA) is 6.48 Å². The number of rotatable bonds is 6. The molecule has 1 unspecified atom stereocenters. The van der Waals surface area contributed by atoms with Gasteiger partial charge in [-0.2, -0.15) is 0 Å². The molecule has 0 rings (SSSR count). The summed E-state index contributed by atoms with van der Waals surface area (Å²) in [5, 5.41) is 0. The maximum absolute atomic E-state index is 2.57. The molecule has 0 heterocycles. The molecule has 0 aromatic heterocycles. The first kappa shape index (κ1) is 12.9. The van der Waals surface area contributed by atoms with E-state index >= 15 is 0 Å². The first-order chi connectivity index (χ1) is 5.99. The fraction of sp³-hybridized carbons (Fsp3) is 1.00. The molecule has 80 valence electrons. The second kappa shape index (κ2) is 6.39. The maximum Gasteiger partial charge on any atom is 0.0115 e. The van der Waals surface area contributed by atoms with Crippen LogP contribution >= 0.6 is 0 Å². The molecule has 0 amide bonds. The predicted molar refractivity (Wildman–Crippen MR) is 60.1 cm³/mol. The average molecular weight is 186 g/mol. The Kier molecular flexibility index (Phi) is 6.35. The Bertz CT molecular complexity index is 121. The minimum Gasteiger partial charge on any atom is -0.308 e. The van der Waals surface area contributed by atoms with Gasteiger partial charge in [-0.3, -0.25) is 4.90 Å². The van der Waals surface area contributed by atoms with Gasteiger partial charge in [0.1, 0.15) is 0 Å². The van der Waals surface area contributed by atoms with Gasteiger partial charge in [0.05, 0.1) is 0 Å². The van der Waals surface area contributed by atoms with Crippen molar-refractivity contribution in [2.45, 2.75) is 46.2 Å². The molecule has 2 nitrogen and oxygen atoms in total. The molecule has 0 bridgehead atoms. The molecule has 0 saturated carbocycles. The SMILES string of the molecule is CCC(C)N(CCN(C)C)C(C)C. The van der Waals surface area contributed by atoms with Crippen LogP contribution in [0.25, 0.3) is 0 Å². The minimum atomic E-state index is 0.662. The molecule has 0 radical (unpaired) electrons. The van der Waals surface area contributed by atoms with Crippen LogP contribution in [-0.2, 0) is 0 Å². The molecule has 13 heavy (non-hydrogen) atoms. The van der Waals surface area contributed by atoms with Crippen LogP contribution in [0.3, 0.4) is 0 Å². The van der Waals surface area contributed by atoms with Crippen molar-refractivity contribution in [3.8, 4) is 0 Å². The molecule has 0 spiro atoms. The van der Waals surface area contributed by atoms with E-state index in [1.165, 1.54) is 13.0 Å². The summed E-state index contributed by atoms with van der Waals surface area (Å²) in [6.45, 7) is 11.5. The first-order valence-electron chi connectivity index (χ1n) is 5.39. The third-order valence-corrected chi connectivity index (χ3v) is 2.63. The van der Waals surface area contributed by atoms with Gasteiger partial charge in [0.2, 0.25) is 0 Å². The van der Waals surface area contributed by atoms with Crippen molar-refractivity contribution in [3.05, 3.63) is 0 Å². The van der Waals surface area contributed by atoms with E-state index in [4.69, 9.17) is 0 Å². The number of nitrogens with zero attached hydrogens (tertiary/aromatic N) is 2. The van der Waals surface area contributed by atoms with Crippen molar-refractivity contribution in [1.82, 2.24) is 9.80 Å². The van der Waals surface area contributed by atoms with Crippen LogP contribution < -0.4 is 0 Å². The summed E-state index contributed by atoms with van der Waals surface area (Å²) in [6, 6.07) is 1.37. The Morgan fingerprint density at radius 3 is 1.85 bits per heavy atom. The van der Waals surface area contributed by atoms with E-state index in [0.29, 0.717) is 12.1 Å². The lowest BCUT2D eigenvalue weighted by Crippen LogP contribution is -2.42. The van der Waals surface area contributed by atoms with Gasteiger partial charge in [-0.05, 0) is 41.3 Å². The van der Waals surface area contributed by atoms with Gasteiger partial charge in [0, 0.05) is 25.2 Å². The summed E-state index contributed by atoms with van der Waals surface area (Å²) >= 11 is 0. The zero-order chi connectivity index (χ0) is 10.4. The standard InChI is InChI=1S/C11H26N2/c1-7-11(4)13(10(2)3)9-8-12(5)6/h10-11H,7-9H2,1-6H3. The van der Waals surface area contributed by atoms with E-state index in [9.17, 15) is 0 Å².